The lowest BCUT2D eigenvalue weighted by molar-refractivity contribution is -0.161. The molecule has 1 aliphatic carbocycles. The Bertz CT molecular complexity index is 153. The van der Waals surface area contributed by atoms with E-state index in [0.717, 1.165) is 6.42 Å². The molecule has 0 saturated heterocycles. The fourth-order valence-electron chi connectivity index (χ4n) is 1.36. The van der Waals surface area contributed by atoms with Crippen molar-refractivity contribution in [3.8, 4) is 0 Å². The molecule has 2 N–H and O–H groups in total. The maximum Gasteiger partial charge on any atom is 0.309 e. The van der Waals surface area contributed by atoms with Crippen molar-refractivity contribution in [3.05, 3.63) is 0 Å². The second-order valence-corrected chi connectivity index (χ2v) is 3.14. The second-order valence-electron chi connectivity index (χ2n) is 3.14. The number of aliphatic carboxylic acids is 1. The highest BCUT2D eigenvalue weighted by atomic mass is 16.4. The molecular weight excluding hydrogens is 132 g/mol. The van der Waals surface area contributed by atoms with Crippen LogP contribution in [0.3, 0.4) is 0 Å². The summed E-state index contributed by atoms with van der Waals surface area (Å²) in [6, 6.07) is 0. The van der Waals surface area contributed by atoms with E-state index in [0.29, 0.717) is 6.42 Å². The van der Waals surface area contributed by atoms with Crippen LogP contribution in [0, 0.1) is 11.3 Å². The Kier molecular flexibility index (Phi) is 1.68. The summed E-state index contributed by atoms with van der Waals surface area (Å²) in [5, 5.41) is 17.4. The quantitative estimate of drug-likeness (QED) is 0.592. The van der Waals surface area contributed by atoms with E-state index in [1.807, 2.05) is 0 Å². The van der Waals surface area contributed by atoms with Gasteiger partial charge in [0.1, 0.15) is 0 Å². The van der Waals surface area contributed by atoms with E-state index in [4.69, 9.17) is 10.2 Å². The van der Waals surface area contributed by atoms with Crippen LogP contribution in [-0.4, -0.2) is 22.8 Å². The SMILES string of the molecule is CC1(C(=O)O)CCC1CO. The summed E-state index contributed by atoms with van der Waals surface area (Å²) in [6.45, 7) is 1.70. The lowest BCUT2D eigenvalue weighted by atomic mass is 9.61. The van der Waals surface area contributed by atoms with Crippen LogP contribution in [0.25, 0.3) is 0 Å². The number of carbonyl (C=O) groups is 1. The van der Waals surface area contributed by atoms with Crippen molar-refractivity contribution in [2.45, 2.75) is 19.8 Å². The molecule has 0 radical (unpaired) electrons. The van der Waals surface area contributed by atoms with Crippen LogP contribution in [0.2, 0.25) is 0 Å². The third kappa shape index (κ3) is 0.814. The predicted molar refractivity (Wildman–Crippen MR) is 35.6 cm³/mol. The van der Waals surface area contributed by atoms with Crippen molar-refractivity contribution in [3.63, 3.8) is 0 Å². The van der Waals surface area contributed by atoms with Crippen molar-refractivity contribution in [1.82, 2.24) is 0 Å². The lowest BCUT2D eigenvalue weighted by Gasteiger charge is -2.42. The molecule has 1 rings (SSSR count). The number of aliphatic hydroxyl groups excluding tert-OH is 1. The third-order valence-electron chi connectivity index (χ3n) is 2.62. The number of hydrogen-bond donors (Lipinski definition) is 2. The summed E-state index contributed by atoms with van der Waals surface area (Å²) < 4.78 is 0. The van der Waals surface area contributed by atoms with Gasteiger partial charge >= 0.3 is 5.97 Å². The molecule has 0 spiro atoms. The van der Waals surface area contributed by atoms with Crippen LogP contribution in [0.15, 0.2) is 0 Å². The van der Waals surface area contributed by atoms with Crippen LogP contribution in [-0.2, 0) is 4.79 Å². The molecule has 3 nitrogen and oxygen atoms in total. The summed E-state index contributed by atoms with van der Waals surface area (Å²) in [5.41, 5.74) is -0.644. The maximum absolute atomic E-state index is 10.6. The molecule has 1 saturated carbocycles. The van der Waals surface area contributed by atoms with Gasteiger partial charge in [0.05, 0.1) is 5.41 Å². The van der Waals surface area contributed by atoms with E-state index in [1.165, 1.54) is 0 Å². The van der Waals surface area contributed by atoms with Gasteiger partial charge in [0.15, 0.2) is 0 Å². The van der Waals surface area contributed by atoms with Gasteiger partial charge in [-0.2, -0.15) is 0 Å². The summed E-state index contributed by atoms with van der Waals surface area (Å²) in [6.07, 6.45) is 1.55. The molecule has 1 aliphatic rings. The highest BCUT2D eigenvalue weighted by Crippen LogP contribution is 2.46. The zero-order valence-electron chi connectivity index (χ0n) is 6.00. The smallest absolute Gasteiger partial charge is 0.309 e. The fourth-order valence-corrected chi connectivity index (χ4v) is 1.36. The van der Waals surface area contributed by atoms with Gasteiger partial charge in [-0.3, -0.25) is 4.79 Å². The van der Waals surface area contributed by atoms with Crippen LogP contribution < -0.4 is 0 Å². The second kappa shape index (κ2) is 2.23. The Hall–Kier alpha value is -0.570. The minimum absolute atomic E-state index is 0.00278. The number of hydrogen-bond acceptors (Lipinski definition) is 2. The summed E-state index contributed by atoms with van der Waals surface area (Å²) in [5.74, 6) is -0.803. The number of rotatable bonds is 2. The molecule has 0 amide bonds. The predicted octanol–water partition coefficient (Wildman–Crippen LogP) is 0.480. The molecule has 2 atom stereocenters. The van der Waals surface area contributed by atoms with E-state index in [9.17, 15) is 4.79 Å². The number of aliphatic hydroxyl groups is 1. The van der Waals surface area contributed by atoms with Crippen molar-refractivity contribution < 1.29 is 15.0 Å². The maximum atomic E-state index is 10.6. The molecular formula is C7H12O3. The molecule has 0 aromatic heterocycles. The molecule has 0 bridgehead atoms. The normalized spacial score (nSPS) is 38.8. The summed E-state index contributed by atoms with van der Waals surface area (Å²) in [7, 11) is 0. The van der Waals surface area contributed by atoms with E-state index in [2.05, 4.69) is 0 Å². The van der Waals surface area contributed by atoms with E-state index in [1.54, 1.807) is 6.92 Å². The van der Waals surface area contributed by atoms with Crippen molar-refractivity contribution in [2.24, 2.45) is 11.3 Å². The highest BCUT2D eigenvalue weighted by Gasteiger charge is 2.48. The van der Waals surface area contributed by atoms with Gasteiger partial charge in [-0.25, -0.2) is 0 Å². The Morgan fingerprint density at radius 1 is 1.80 bits per heavy atom. The zero-order valence-corrected chi connectivity index (χ0v) is 6.00. The van der Waals surface area contributed by atoms with Gasteiger partial charge in [-0.05, 0) is 25.7 Å². The van der Waals surface area contributed by atoms with Gasteiger partial charge in [-0.15, -0.1) is 0 Å². The molecule has 0 aliphatic heterocycles. The molecule has 0 heterocycles. The first-order valence-corrected chi connectivity index (χ1v) is 3.45. The van der Waals surface area contributed by atoms with Gasteiger partial charge in [0, 0.05) is 6.61 Å². The third-order valence-corrected chi connectivity index (χ3v) is 2.62. The van der Waals surface area contributed by atoms with Crippen LogP contribution in [0.5, 0.6) is 0 Å². The van der Waals surface area contributed by atoms with Crippen molar-refractivity contribution >= 4 is 5.97 Å². The number of carboxylic acids is 1. The van der Waals surface area contributed by atoms with Gasteiger partial charge in [-0.1, -0.05) is 0 Å². The average molecular weight is 144 g/mol. The largest absolute Gasteiger partial charge is 0.481 e. The molecule has 2 unspecified atom stereocenters. The molecule has 58 valence electrons. The van der Waals surface area contributed by atoms with Gasteiger partial charge in [0.25, 0.3) is 0 Å². The van der Waals surface area contributed by atoms with Gasteiger partial charge in [0.2, 0.25) is 0 Å². The first-order chi connectivity index (χ1) is 4.61. The molecule has 3 heteroatoms. The first-order valence-electron chi connectivity index (χ1n) is 3.45. The zero-order chi connectivity index (χ0) is 7.78. The summed E-state index contributed by atoms with van der Waals surface area (Å²) in [4.78, 5) is 10.6. The summed E-state index contributed by atoms with van der Waals surface area (Å²) >= 11 is 0. The van der Waals surface area contributed by atoms with E-state index in [-0.39, 0.29) is 12.5 Å². The molecule has 0 aromatic rings. The topological polar surface area (TPSA) is 57.5 Å². The Morgan fingerprint density at radius 2 is 2.40 bits per heavy atom. The Labute approximate surface area is 59.7 Å². The average Bonchev–Trinajstić information content (AvgIpc) is 1.85. The fraction of sp³-hybridized carbons (Fsp3) is 0.857. The Balaban J connectivity index is 2.61. The first kappa shape index (κ1) is 7.54. The van der Waals surface area contributed by atoms with E-state index >= 15 is 0 Å². The molecule has 0 aromatic carbocycles. The monoisotopic (exact) mass is 144 g/mol. The van der Waals surface area contributed by atoms with Crippen LogP contribution in [0.4, 0.5) is 0 Å². The van der Waals surface area contributed by atoms with Gasteiger partial charge < -0.3 is 10.2 Å². The van der Waals surface area contributed by atoms with Crippen LogP contribution in [0.1, 0.15) is 19.8 Å². The molecule has 10 heavy (non-hydrogen) atoms. The number of carboxylic acid groups (broad SMARTS) is 1. The van der Waals surface area contributed by atoms with E-state index < -0.39 is 11.4 Å². The Morgan fingerprint density at radius 3 is 2.50 bits per heavy atom. The van der Waals surface area contributed by atoms with Crippen molar-refractivity contribution in [1.29, 1.82) is 0 Å². The minimum Gasteiger partial charge on any atom is -0.481 e. The minimum atomic E-state index is -0.780. The van der Waals surface area contributed by atoms with Crippen LogP contribution >= 0.6 is 0 Å². The lowest BCUT2D eigenvalue weighted by Crippen LogP contribution is -2.45. The highest BCUT2D eigenvalue weighted by molar-refractivity contribution is 5.75. The standard InChI is InChI=1S/C7H12O3/c1-7(6(9)10)3-2-5(7)4-8/h5,8H,2-4H2,1H3,(H,9,10). The molecule has 1 fully saturated rings. The van der Waals surface area contributed by atoms with Crippen molar-refractivity contribution in [2.75, 3.05) is 6.61 Å².